The van der Waals surface area contributed by atoms with Gasteiger partial charge in [0.15, 0.2) is 6.20 Å². The summed E-state index contributed by atoms with van der Waals surface area (Å²) in [4.78, 5) is 19.3. The van der Waals surface area contributed by atoms with Crippen LogP contribution in [0.2, 0.25) is 0 Å². The van der Waals surface area contributed by atoms with E-state index >= 15 is 0 Å². The standard InChI is InChI=1S/C58H64N24O4.C45H45N9O6/c59-71-63-17-25-83-29-21-79-33-51(67-75-79)43-1-9-47(10-2-43)55-37-56(48-11-3-44(4-12-48)52-34-80(76-68-52)22-30-84-26-18-64-72-60)40-57(38-55,49-13-5-45(6-14-49)53-35-81(77-69-53)23-31-85-27-19-65-73-61)42-58(39-55,41-56)50-15-7-46(8-16-50)54-36-82(78-70-54)24-32-86-28-20-66-74-62;46-52-49-19-22-55-25-28-58-34-40-10-1-37(2-11-40)7-16-43-31-44(17-8-38-3-12-41(13-4-38)35-59-29-26-56-23-20-50-53-47)33-45(32-43)18-9-39-5-14-42(15-6-39)36-60-30-27-57-24-21-51-54-48/h1-16,33-36H,17-32,37-42H2;1-6,10-15,31-33H,19-30,34-36H2/p+1. The summed E-state index contributed by atoms with van der Waals surface area (Å²) in [7, 11) is 0. The average molecular weight is 1970 g/mol. The summed E-state index contributed by atoms with van der Waals surface area (Å²) in [5.74, 6) is 19.6. The summed E-state index contributed by atoms with van der Waals surface area (Å²) in [6, 6.07) is 65.7. The first-order valence-electron chi connectivity index (χ1n) is 47.8. The van der Waals surface area contributed by atoms with E-state index in [1.807, 2.05) is 120 Å². The minimum Gasteiger partial charge on any atom is -0.379 e. The van der Waals surface area contributed by atoms with Gasteiger partial charge in [-0.15, -0.1) is 15.3 Å². The molecule has 0 spiro atoms. The lowest BCUT2D eigenvalue weighted by molar-refractivity contribution is -0.754. The number of nitrogens with zero attached hydrogens (tertiary/aromatic N) is 32. The minimum absolute atomic E-state index is 0.259. The van der Waals surface area contributed by atoms with E-state index in [-0.39, 0.29) is 47.8 Å². The maximum Gasteiger partial charge on any atom is 0.248 e. The van der Waals surface area contributed by atoms with E-state index < -0.39 is 0 Å². The van der Waals surface area contributed by atoms with Crippen LogP contribution in [0.4, 0.5) is 0 Å². The monoisotopic (exact) mass is 1970 g/mol. The molecule has 16 rings (SSSR count). The van der Waals surface area contributed by atoms with Crippen LogP contribution < -0.4 is 4.68 Å². The van der Waals surface area contributed by atoms with E-state index in [0.29, 0.717) is 178 Å². The van der Waals surface area contributed by atoms with Gasteiger partial charge in [-0.3, -0.25) is 0 Å². The Bertz CT molecular complexity index is 6010. The van der Waals surface area contributed by atoms with Gasteiger partial charge in [0.25, 0.3) is 0 Å². The maximum absolute atomic E-state index is 8.61. The molecule has 146 heavy (non-hydrogen) atoms. The maximum atomic E-state index is 8.61. The molecule has 4 fully saturated rings. The predicted molar refractivity (Wildman–Crippen MR) is 542 cm³/mol. The molecule has 0 amide bonds. The van der Waals surface area contributed by atoms with E-state index in [1.54, 1.807) is 14.0 Å². The first-order valence-corrected chi connectivity index (χ1v) is 47.8. The molecular formula is C103H110N33O10+. The van der Waals surface area contributed by atoms with Crippen molar-refractivity contribution in [2.45, 2.75) is 106 Å². The van der Waals surface area contributed by atoms with Crippen LogP contribution in [0.15, 0.2) is 249 Å². The first-order chi connectivity index (χ1) is 71.9. The molecule has 4 saturated carbocycles. The van der Waals surface area contributed by atoms with Crippen LogP contribution in [0.5, 0.6) is 0 Å². The van der Waals surface area contributed by atoms with Crippen LogP contribution in [0.1, 0.15) is 111 Å². The van der Waals surface area contributed by atoms with Gasteiger partial charge < -0.3 is 47.4 Å². The number of rotatable bonds is 56. The zero-order chi connectivity index (χ0) is 101. The van der Waals surface area contributed by atoms with Crippen molar-refractivity contribution in [2.24, 2.45) is 35.8 Å². The Morgan fingerprint density at radius 2 is 0.521 bits per heavy atom. The molecule has 0 unspecified atom stereocenters. The molecule has 4 aliphatic carbocycles. The molecule has 4 aliphatic rings. The molecule has 4 bridgehead atoms. The van der Waals surface area contributed by atoms with Crippen molar-refractivity contribution in [3.05, 3.63) is 358 Å². The molecule has 4 aromatic heterocycles. The van der Waals surface area contributed by atoms with Gasteiger partial charge in [0.2, 0.25) is 5.69 Å². The first kappa shape index (κ1) is 106. The number of H-pyrrole nitrogens is 1. The number of hydrogen-bond donors (Lipinski definition) is 1. The summed E-state index contributed by atoms with van der Waals surface area (Å²) in [6.07, 6.45) is 13.5. The molecule has 8 aromatic carbocycles. The van der Waals surface area contributed by atoms with E-state index in [4.69, 9.17) is 86.1 Å². The van der Waals surface area contributed by atoms with Gasteiger partial charge in [-0.1, -0.05) is 226 Å². The van der Waals surface area contributed by atoms with Gasteiger partial charge in [0.1, 0.15) is 23.6 Å². The van der Waals surface area contributed by atoms with Crippen molar-refractivity contribution >= 4 is 0 Å². The Labute approximate surface area is 841 Å². The summed E-state index contributed by atoms with van der Waals surface area (Å²) in [6.45, 7) is 12.1. The SMILES string of the molecule is [N-]=[N+]=NCCOCCOCc1ccc(C#Cc2cc(C#Cc3ccc(COCCOCCN=[N+]=[N-])cc3)cc(C#Cc3ccc(COCCOCCN=[N+]=[N-])cc3)c2)cc1.[N-]=[N+]=NCCOCCn1cc(-c2ccc(C34CC5(c6ccc(-c7cn(CCOCCN=[N+]=[N-])nn7)cc6)CC(c6ccc(-c7cn(CCOCCN=[N+]=[N-])nn7)cc6)(C3)CC(c3ccc(-c6c[n+](CCOCCN=[N+]=[N-])[nH]n6)cc3)(C4)C5)cc2)nn1. The Morgan fingerprint density at radius 3 is 0.788 bits per heavy atom. The number of nitrogens with one attached hydrogen (secondary N) is 1. The van der Waals surface area contributed by atoms with Crippen molar-refractivity contribution in [2.75, 3.05) is 158 Å². The molecule has 0 saturated heterocycles. The smallest absolute Gasteiger partial charge is 0.248 e. The van der Waals surface area contributed by atoms with Crippen LogP contribution in [-0.2, 0) is 115 Å². The fourth-order valence-corrected chi connectivity index (χ4v) is 18.7. The Kier molecular flexibility index (Phi) is 40.9. The highest BCUT2D eigenvalue weighted by molar-refractivity contribution is 5.65. The zero-order valence-electron chi connectivity index (χ0n) is 80.8. The number of aromatic nitrogens is 12. The number of azide groups is 7. The van der Waals surface area contributed by atoms with Crippen LogP contribution in [0, 0.1) is 35.5 Å². The third-order valence-electron chi connectivity index (χ3n) is 24.9. The van der Waals surface area contributed by atoms with Crippen LogP contribution in [0.25, 0.3) is 118 Å². The topological polar surface area (TPSA) is 558 Å². The Balaban J connectivity index is 0.000000247. The molecule has 746 valence electrons. The lowest BCUT2D eigenvalue weighted by Gasteiger charge is -2.71. The van der Waals surface area contributed by atoms with Crippen LogP contribution in [0.3, 0.4) is 0 Å². The van der Waals surface area contributed by atoms with Crippen molar-refractivity contribution in [1.29, 1.82) is 0 Å². The normalized spacial score (nSPS) is 15.9. The molecule has 1 N–H and O–H groups in total. The number of hydrogen-bond acceptors (Lipinski definition) is 24. The largest absolute Gasteiger partial charge is 0.379 e. The zero-order valence-corrected chi connectivity index (χ0v) is 80.8. The fourth-order valence-electron chi connectivity index (χ4n) is 18.7. The lowest BCUT2D eigenvalue weighted by atomic mass is 9.32. The quantitative estimate of drug-likeness (QED) is 0.00924. The second-order valence-electron chi connectivity index (χ2n) is 34.8. The van der Waals surface area contributed by atoms with Gasteiger partial charge >= 0.3 is 0 Å². The van der Waals surface area contributed by atoms with Crippen molar-refractivity contribution in [3.8, 4) is 80.6 Å². The van der Waals surface area contributed by atoms with Gasteiger partial charge in [-0.2, -0.15) is 4.68 Å². The second kappa shape index (κ2) is 56.6. The van der Waals surface area contributed by atoms with Gasteiger partial charge in [-0.05, 0) is 192 Å². The number of aromatic amines is 1. The summed E-state index contributed by atoms with van der Waals surface area (Å²) >= 11 is 0. The third kappa shape index (κ3) is 31.6. The minimum atomic E-state index is -0.262. The van der Waals surface area contributed by atoms with E-state index in [0.717, 1.165) is 134 Å². The third-order valence-corrected chi connectivity index (χ3v) is 24.9. The Morgan fingerprint density at radius 1 is 0.281 bits per heavy atom. The molecule has 0 radical (unpaired) electrons. The second-order valence-corrected chi connectivity index (χ2v) is 34.8. The highest BCUT2D eigenvalue weighted by Crippen LogP contribution is 2.75. The molecular weight excluding hydrogens is 1860 g/mol. The fraction of sp³-hybridized carbons (Fsp3) is 0.398. The van der Waals surface area contributed by atoms with Crippen LogP contribution >= 0.6 is 0 Å². The Hall–Kier alpha value is -16.2. The molecule has 12 aromatic rings. The van der Waals surface area contributed by atoms with E-state index in [9.17, 15) is 0 Å². The van der Waals surface area contributed by atoms with Crippen molar-refractivity contribution in [3.63, 3.8) is 0 Å². The molecule has 0 aliphatic heterocycles. The lowest BCUT2D eigenvalue weighted by Crippen LogP contribution is -2.67. The highest BCUT2D eigenvalue weighted by Gasteiger charge is 2.69. The molecule has 43 nitrogen and oxygen atoms in total. The molecule has 4 heterocycles. The summed E-state index contributed by atoms with van der Waals surface area (Å²) in [5, 5.41) is 59.2. The number of ether oxygens (including phenoxy) is 10. The predicted octanol–water partition coefficient (Wildman–Crippen LogP) is 18.3. The molecule has 43 heteroatoms. The van der Waals surface area contributed by atoms with E-state index in [1.165, 1.54) is 22.3 Å². The van der Waals surface area contributed by atoms with Gasteiger partial charge in [0, 0.05) is 141 Å². The van der Waals surface area contributed by atoms with Gasteiger partial charge in [0.05, 0.1) is 170 Å². The average Bonchev–Trinajstić information content (AvgIpc) is 0.718. The highest BCUT2D eigenvalue weighted by atomic mass is 16.5. The summed E-state index contributed by atoms with van der Waals surface area (Å²) in [5.41, 5.74) is 78.5. The van der Waals surface area contributed by atoms with Crippen molar-refractivity contribution < 1.29 is 52.1 Å². The van der Waals surface area contributed by atoms with E-state index in [2.05, 4.69) is 244 Å². The van der Waals surface area contributed by atoms with Crippen molar-refractivity contribution in [1.82, 2.24) is 55.3 Å². The number of benzene rings is 8. The van der Waals surface area contributed by atoms with Crippen LogP contribution in [-0.4, -0.2) is 213 Å². The van der Waals surface area contributed by atoms with Gasteiger partial charge in [-0.25, -0.2) is 14.0 Å². The molecule has 0 atom stereocenters. The summed E-state index contributed by atoms with van der Waals surface area (Å²) < 4.78 is 63.0.